The van der Waals surface area contributed by atoms with Gasteiger partial charge in [-0.2, -0.15) is 0 Å². The number of unbranched alkanes of at least 4 members (excludes halogenated alkanes) is 2. The summed E-state index contributed by atoms with van der Waals surface area (Å²) in [7, 11) is 0. The number of aliphatic hydroxyl groups is 1. The number of fused-ring (bicyclic) bond motifs is 3. The zero-order valence-corrected chi connectivity index (χ0v) is 19.9. The van der Waals surface area contributed by atoms with E-state index in [1.165, 1.54) is 36.5 Å². The van der Waals surface area contributed by atoms with Crippen LogP contribution in [0.5, 0.6) is 0 Å². The maximum Gasteiger partial charge on any atom is 0.0923 e. The van der Waals surface area contributed by atoms with Gasteiger partial charge in [-0.25, -0.2) is 0 Å². The molecule has 1 N–H and O–H groups in total. The number of hydrogen-bond acceptors (Lipinski definition) is 2. The second-order valence-electron chi connectivity index (χ2n) is 7.51. The second-order valence-corrected chi connectivity index (χ2v) is 9.28. The Balaban J connectivity index is 2.03. The van der Waals surface area contributed by atoms with Crippen LogP contribution in [0, 0.1) is 0 Å². The Hall–Kier alpha value is -0.940. The van der Waals surface area contributed by atoms with Gasteiger partial charge in [0, 0.05) is 15.5 Å². The average molecular weight is 507 g/mol. The standard InChI is InChI=1S/C24H29Br2NO/c1-3-5-12-27(13-6-4-2)16-24(28)22-15-21-18(8-7-9-23(21)26)20-14-17(25)10-11-19(20)22/h7-11,14-15,24,28H,3-6,12-13,16H2,1-2H3. The molecule has 2 nitrogen and oxygen atoms in total. The Bertz CT molecular complexity index is 933. The van der Waals surface area contributed by atoms with Crippen molar-refractivity contribution in [3.8, 4) is 0 Å². The Morgan fingerprint density at radius 2 is 1.57 bits per heavy atom. The van der Waals surface area contributed by atoms with E-state index in [9.17, 15) is 5.11 Å². The lowest BCUT2D eigenvalue weighted by Crippen LogP contribution is -2.30. The first kappa shape index (κ1) is 21.8. The van der Waals surface area contributed by atoms with Gasteiger partial charge in [-0.05, 0) is 77.3 Å². The molecule has 0 heterocycles. The van der Waals surface area contributed by atoms with E-state index in [0.717, 1.165) is 38.4 Å². The first-order chi connectivity index (χ1) is 13.5. The third-order valence-electron chi connectivity index (χ3n) is 5.38. The number of aliphatic hydroxyl groups excluding tert-OH is 1. The molecule has 3 aromatic rings. The second kappa shape index (κ2) is 10.2. The molecular weight excluding hydrogens is 478 g/mol. The van der Waals surface area contributed by atoms with Gasteiger partial charge in [-0.15, -0.1) is 0 Å². The van der Waals surface area contributed by atoms with E-state index >= 15 is 0 Å². The fourth-order valence-corrected chi connectivity index (χ4v) is 4.66. The molecule has 28 heavy (non-hydrogen) atoms. The highest BCUT2D eigenvalue weighted by Crippen LogP contribution is 2.36. The smallest absolute Gasteiger partial charge is 0.0923 e. The predicted molar refractivity (Wildman–Crippen MR) is 128 cm³/mol. The van der Waals surface area contributed by atoms with E-state index < -0.39 is 6.10 Å². The SMILES string of the molecule is CCCCN(CCCC)CC(O)c1cc2c(Br)cccc2c2cc(Br)ccc12. The van der Waals surface area contributed by atoms with Gasteiger partial charge in [0.05, 0.1) is 6.10 Å². The summed E-state index contributed by atoms with van der Waals surface area (Å²) in [5.41, 5.74) is 1.01. The Kier molecular flexibility index (Phi) is 7.93. The summed E-state index contributed by atoms with van der Waals surface area (Å²) < 4.78 is 2.12. The molecule has 4 heteroatoms. The van der Waals surface area contributed by atoms with Crippen LogP contribution in [0.4, 0.5) is 0 Å². The molecule has 1 unspecified atom stereocenters. The lowest BCUT2D eigenvalue weighted by molar-refractivity contribution is 0.112. The average Bonchev–Trinajstić information content (AvgIpc) is 2.69. The van der Waals surface area contributed by atoms with Crippen LogP contribution >= 0.6 is 31.9 Å². The highest BCUT2D eigenvalue weighted by molar-refractivity contribution is 9.11. The third-order valence-corrected chi connectivity index (χ3v) is 6.57. The van der Waals surface area contributed by atoms with Crippen LogP contribution in [0.1, 0.15) is 51.2 Å². The molecule has 3 rings (SSSR count). The minimum atomic E-state index is -0.506. The van der Waals surface area contributed by atoms with Crippen LogP contribution in [0.3, 0.4) is 0 Å². The van der Waals surface area contributed by atoms with Gasteiger partial charge in [0.25, 0.3) is 0 Å². The lowest BCUT2D eigenvalue weighted by atomic mass is 9.94. The van der Waals surface area contributed by atoms with Crippen LogP contribution in [-0.4, -0.2) is 29.6 Å². The summed E-state index contributed by atoms with van der Waals surface area (Å²) in [6.07, 6.45) is 4.20. The van der Waals surface area contributed by atoms with Gasteiger partial charge < -0.3 is 10.0 Å². The van der Waals surface area contributed by atoms with E-state index in [2.05, 4.69) is 93.1 Å². The minimum Gasteiger partial charge on any atom is -0.387 e. The molecule has 1 atom stereocenters. The molecule has 0 fully saturated rings. The first-order valence-electron chi connectivity index (χ1n) is 10.3. The highest BCUT2D eigenvalue weighted by atomic mass is 79.9. The quantitative estimate of drug-likeness (QED) is 0.304. The van der Waals surface area contributed by atoms with Crippen molar-refractivity contribution in [3.63, 3.8) is 0 Å². The molecule has 150 valence electrons. The van der Waals surface area contributed by atoms with E-state index in [1.807, 2.05) is 0 Å². The monoisotopic (exact) mass is 505 g/mol. The Labute approximate surface area is 185 Å². The fourth-order valence-electron chi connectivity index (χ4n) is 3.82. The van der Waals surface area contributed by atoms with Crippen molar-refractivity contribution in [1.29, 1.82) is 0 Å². The molecular formula is C24H29Br2NO. The predicted octanol–water partition coefficient (Wildman–Crippen LogP) is 7.45. The maximum atomic E-state index is 11.2. The summed E-state index contributed by atoms with van der Waals surface area (Å²) in [5, 5.41) is 15.9. The third kappa shape index (κ3) is 4.96. The van der Waals surface area contributed by atoms with E-state index in [0.29, 0.717) is 6.54 Å². The van der Waals surface area contributed by atoms with Gasteiger partial charge in [0.15, 0.2) is 0 Å². The molecule has 0 aromatic heterocycles. The van der Waals surface area contributed by atoms with Gasteiger partial charge in [0.1, 0.15) is 0 Å². The summed E-state index contributed by atoms with van der Waals surface area (Å²) in [4.78, 5) is 2.42. The molecule has 3 aromatic carbocycles. The molecule has 0 spiro atoms. The van der Waals surface area contributed by atoms with Crippen molar-refractivity contribution in [2.24, 2.45) is 0 Å². The zero-order chi connectivity index (χ0) is 20.1. The van der Waals surface area contributed by atoms with Gasteiger partial charge >= 0.3 is 0 Å². The number of benzene rings is 3. The topological polar surface area (TPSA) is 23.5 Å². The summed E-state index contributed by atoms with van der Waals surface area (Å²) >= 11 is 7.31. The fraction of sp³-hybridized carbons (Fsp3) is 0.417. The van der Waals surface area contributed by atoms with E-state index in [4.69, 9.17) is 0 Å². The van der Waals surface area contributed by atoms with Crippen molar-refractivity contribution in [2.45, 2.75) is 45.6 Å². The molecule has 0 aliphatic carbocycles. The molecule has 0 saturated heterocycles. The summed E-state index contributed by atoms with van der Waals surface area (Å²) in [6.45, 7) is 7.23. The molecule has 0 aliphatic heterocycles. The van der Waals surface area contributed by atoms with Crippen LogP contribution in [0.25, 0.3) is 21.5 Å². The van der Waals surface area contributed by atoms with Crippen molar-refractivity contribution < 1.29 is 5.11 Å². The zero-order valence-electron chi connectivity index (χ0n) is 16.7. The molecule has 0 amide bonds. The van der Waals surface area contributed by atoms with Crippen molar-refractivity contribution in [1.82, 2.24) is 4.90 Å². The van der Waals surface area contributed by atoms with Crippen LogP contribution in [0.2, 0.25) is 0 Å². The number of rotatable bonds is 9. The van der Waals surface area contributed by atoms with Crippen LogP contribution < -0.4 is 0 Å². The maximum absolute atomic E-state index is 11.2. The van der Waals surface area contributed by atoms with E-state index in [1.54, 1.807) is 0 Å². The van der Waals surface area contributed by atoms with Crippen molar-refractivity contribution in [3.05, 3.63) is 57.0 Å². The van der Waals surface area contributed by atoms with Crippen molar-refractivity contribution in [2.75, 3.05) is 19.6 Å². The van der Waals surface area contributed by atoms with Gasteiger partial charge in [0.2, 0.25) is 0 Å². The molecule has 0 bridgehead atoms. The number of nitrogens with zero attached hydrogens (tertiary/aromatic N) is 1. The van der Waals surface area contributed by atoms with E-state index in [-0.39, 0.29) is 0 Å². The largest absolute Gasteiger partial charge is 0.387 e. The Morgan fingerprint density at radius 1 is 0.857 bits per heavy atom. The highest BCUT2D eigenvalue weighted by Gasteiger charge is 2.18. The molecule has 0 saturated carbocycles. The number of halogens is 2. The Morgan fingerprint density at radius 3 is 2.25 bits per heavy atom. The minimum absolute atomic E-state index is 0.506. The van der Waals surface area contributed by atoms with Gasteiger partial charge in [-0.1, -0.05) is 76.7 Å². The first-order valence-corrected chi connectivity index (χ1v) is 11.8. The summed E-state index contributed by atoms with van der Waals surface area (Å²) in [6, 6.07) is 14.8. The molecule has 0 aliphatic rings. The van der Waals surface area contributed by atoms with Crippen LogP contribution in [0.15, 0.2) is 51.4 Å². The van der Waals surface area contributed by atoms with Crippen LogP contribution in [-0.2, 0) is 0 Å². The van der Waals surface area contributed by atoms with Crippen molar-refractivity contribution >= 4 is 53.4 Å². The molecule has 0 radical (unpaired) electrons. The lowest BCUT2D eigenvalue weighted by Gasteiger charge is -2.26. The van der Waals surface area contributed by atoms with Gasteiger partial charge in [-0.3, -0.25) is 0 Å². The summed E-state index contributed by atoms with van der Waals surface area (Å²) in [5.74, 6) is 0. The normalized spacial score (nSPS) is 12.9. The number of hydrogen-bond donors (Lipinski definition) is 1.